The molecule has 0 atom stereocenters. The Balaban J connectivity index is 0.000000415. The van der Waals surface area contributed by atoms with Crippen LogP contribution in [0.5, 0.6) is 34.5 Å². The average molecular weight is 1540 g/mol. The van der Waals surface area contributed by atoms with E-state index in [1.54, 1.807) is 72.8 Å². The van der Waals surface area contributed by atoms with E-state index in [2.05, 4.69) is 0 Å². The van der Waals surface area contributed by atoms with Crippen molar-refractivity contribution in [2.24, 2.45) is 0 Å². The van der Waals surface area contributed by atoms with Gasteiger partial charge in [-0.2, -0.15) is 0 Å². The highest BCUT2D eigenvalue weighted by Gasteiger charge is 2.38. The maximum Gasteiger partial charge on any atom is 0.343 e. The van der Waals surface area contributed by atoms with Crippen molar-refractivity contribution in [2.75, 3.05) is 13.2 Å². The zero-order valence-electron chi connectivity index (χ0n) is 73.6. The Morgan fingerprint density at radius 1 is 0.243 bits per heavy atom. The summed E-state index contributed by atoms with van der Waals surface area (Å²) in [6.45, 7) is 70.5. The van der Waals surface area contributed by atoms with E-state index in [0.29, 0.717) is 101 Å². The second kappa shape index (κ2) is 34.0. The monoisotopic (exact) mass is 1540 g/mol. The molecule has 0 aliphatic rings. The summed E-state index contributed by atoms with van der Waals surface area (Å²) >= 11 is 0. The van der Waals surface area contributed by atoms with E-state index < -0.39 is 107 Å². The van der Waals surface area contributed by atoms with Gasteiger partial charge in [0.25, 0.3) is 0 Å². The molecule has 614 valence electrons. The van der Waals surface area contributed by atoms with Crippen LogP contribution in [0, 0.1) is 0 Å². The van der Waals surface area contributed by atoms with Crippen molar-refractivity contribution in [1.29, 1.82) is 0 Å². The van der Waals surface area contributed by atoms with Crippen molar-refractivity contribution >= 4 is 35.8 Å². The van der Waals surface area contributed by atoms with Gasteiger partial charge in [0.15, 0.2) is 0 Å². The third-order valence-corrected chi connectivity index (χ3v) is 18.7. The molecule has 0 bridgehead atoms. The lowest BCUT2D eigenvalue weighted by Gasteiger charge is -2.30. The number of carbonyl (C=O) groups is 6. The number of phenols is 3. The van der Waals surface area contributed by atoms with Gasteiger partial charge in [-0.1, -0.05) is 249 Å². The second-order valence-corrected chi connectivity index (χ2v) is 41.6. The minimum atomic E-state index is -1.03. The lowest BCUT2D eigenvalue weighted by molar-refractivity contribution is 0.0450. The van der Waals surface area contributed by atoms with Crippen molar-refractivity contribution in [2.45, 2.75) is 320 Å². The maximum absolute atomic E-state index is 13.6. The van der Waals surface area contributed by atoms with Crippen LogP contribution in [0.25, 0.3) is 0 Å². The number of carbonyl (C=O) groups excluding carboxylic acids is 3. The summed E-state index contributed by atoms with van der Waals surface area (Å²) in [5.41, 5.74) is 4.31. The first kappa shape index (κ1) is 96.6. The van der Waals surface area contributed by atoms with Gasteiger partial charge >= 0.3 is 35.8 Å². The number of phenolic OH excluding ortho intramolecular Hbond substituents is 3. The maximum atomic E-state index is 13.6. The van der Waals surface area contributed by atoms with Crippen LogP contribution in [-0.2, 0) is 65.0 Å². The molecule has 0 radical (unpaired) electrons. The molecular formula is C93H134O18. The number of esters is 3. The first-order valence-electron chi connectivity index (χ1n) is 37.9. The molecule has 0 aliphatic carbocycles. The van der Waals surface area contributed by atoms with Crippen molar-refractivity contribution in [3.63, 3.8) is 0 Å². The Hall–Kier alpha value is -8.58. The SMILES string of the molecule is CC(C)(C)c1cc(C(=O)Oc2c(C(C)(C)C)cc(C(=O)O)cc2C(C)(C)C)cc(C(C)(C)C)c1O.CC(C)(C)c1cc(C(=O)Oc2c(C(C)(C)C)cc(C(=O)O)cc2C(C)(C)C)cc(C(C)(C)C)c1O.CC(C)(C)c1cc(C(=O)Oc2c(C(C)(C)C)cc(C(=O)O)cc2C(C)(C)C)cc(C(C)(C)C)c1O.OCC(O)CO. The Kier molecular flexibility index (Phi) is 29.6. The number of benzene rings is 6. The zero-order chi connectivity index (χ0) is 86.9. The molecule has 6 rings (SSSR count). The van der Waals surface area contributed by atoms with E-state index in [-0.39, 0.29) is 47.2 Å². The fraction of sp³-hybridized carbons (Fsp3) is 0.548. The van der Waals surface area contributed by atoms with E-state index in [9.17, 15) is 59.4 Å². The third-order valence-electron chi connectivity index (χ3n) is 18.7. The molecule has 9 N–H and O–H groups in total. The predicted octanol–water partition coefficient (Wildman–Crippen LogP) is 20.8. The van der Waals surface area contributed by atoms with Crippen molar-refractivity contribution in [1.82, 2.24) is 0 Å². The van der Waals surface area contributed by atoms with Gasteiger partial charge in [-0.3, -0.25) is 0 Å². The van der Waals surface area contributed by atoms with Crippen LogP contribution in [-0.4, -0.2) is 101 Å². The van der Waals surface area contributed by atoms with Gasteiger partial charge in [-0.05, 0) is 138 Å². The number of rotatable bonds is 11. The van der Waals surface area contributed by atoms with Gasteiger partial charge in [-0.15, -0.1) is 0 Å². The standard InChI is InChI=1S/3C30H42O5.C3H8O3/c3*1-27(2,3)19-15-18(16-20(23(19)31)28(4,5)6)26(34)35-24-21(29(7,8)9)13-17(25(32)33)14-22(24)30(10,11)12;4-1-3(6)2-5/h3*13-16,31H,1-12H3,(H,32,33);3-6H,1-2H2. The number of hydrogen-bond donors (Lipinski definition) is 9. The normalized spacial score (nSPS) is 12.9. The largest absolute Gasteiger partial charge is 0.507 e. The molecule has 0 fully saturated rings. The Morgan fingerprint density at radius 2 is 0.360 bits per heavy atom. The van der Waals surface area contributed by atoms with Gasteiger partial charge < -0.3 is 60.2 Å². The lowest BCUT2D eigenvalue weighted by atomic mass is 9.78. The molecule has 0 aromatic heterocycles. The van der Waals surface area contributed by atoms with Crippen molar-refractivity contribution in [3.05, 3.63) is 173 Å². The summed E-state index contributed by atoms with van der Waals surface area (Å²) in [5, 5.41) is 86.3. The van der Waals surface area contributed by atoms with E-state index in [1.165, 1.54) is 0 Å². The number of carboxylic acid groups (broad SMARTS) is 3. The highest BCUT2D eigenvalue weighted by molar-refractivity contribution is 5.96. The molecule has 0 unspecified atom stereocenters. The number of hydrogen-bond acceptors (Lipinski definition) is 15. The van der Waals surface area contributed by atoms with E-state index in [1.807, 2.05) is 249 Å². The molecule has 0 aliphatic heterocycles. The van der Waals surface area contributed by atoms with E-state index >= 15 is 0 Å². The molecule has 0 heterocycles. The highest BCUT2D eigenvalue weighted by Crippen LogP contribution is 2.48. The first-order chi connectivity index (χ1) is 49.4. The summed E-state index contributed by atoms with van der Waals surface area (Å²) < 4.78 is 18.3. The molecule has 111 heavy (non-hydrogen) atoms. The third kappa shape index (κ3) is 25.2. The van der Waals surface area contributed by atoms with Crippen LogP contribution in [0.15, 0.2) is 72.8 Å². The summed E-state index contributed by atoms with van der Waals surface area (Å²) in [7, 11) is 0. The van der Waals surface area contributed by atoms with Gasteiger partial charge in [0.05, 0.1) is 46.6 Å². The fourth-order valence-corrected chi connectivity index (χ4v) is 12.1. The summed E-state index contributed by atoms with van der Waals surface area (Å²) in [6.07, 6.45) is -0.954. The van der Waals surface area contributed by atoms with Crippen LogP contribution in [0.4, 0.5) is 0 Å². The van der Waals surface area contributed by atoms with Gasteiger partial charge in [0, 0.05) is 66.8 Å². The van der Waals surface area contributed by atoms with Crippen LogP contribution >= 0.6 is 0 Å². The molecule has 18 nitrogen and oxygen atoms in total. The Morgan fingerprint density at radius 3 is 0.450 bits per heavy atom. The summed E-state index contributed by atoms with van der Waals surface area (Å²) in [6, 6.07) is 19.8. The van der Waals surface area contributed by atoms with Gasteiger partial charge in [-0.25, -0.2) is 28.8 Å². The number of carboxylic acids is 3. The minimum Gasteiger partial charge on any atom is -0.507 e. The Bertz CT molecular complexity index is 3760. The van der Waals surface area contributed by atoms with E-state index in [4.69, 9.17) is 29.5 Å². The number of ether oxygens (including phenoxy) is 3. The fourth-order valence-electron chi connectivity index (χ4n) is 12.1. The van der Waals surface area contributed by atoms with Crippen molar-refractivity contribution < 1.29 is 88.9 Å². The average Bonchev–Trinajstić information content (AvgIpc) is 0.768. The van der Waals surface area contributed by atoms with Crippen molar-refractivity contribution in [3.8, 4) is 34.5 Å². The van der Waals surface area contributed by atoms with Gasteiger partial charge in [0.1, 0.15) is 40.6 Å². The minimum absolute atomic E-state index is 0.161. The van der Waals surface area contributed by atoms with Crippen LogP contribution < -0.4 is 14.2 Å². The first-order valence-corrected chi connectivity index (χ1v) is 37.9. The van der Waals surface area contributed by atoms with E-state index in [0.717, 1.165) is 0 Å². The zero-order valence-corrected chi connectivity index (χ0v) is 73.6. The molecule has 0 amide bonds. The topological polar surface area (TPSA) is 312 Å². The predicted molar refractivity (Wildman–Crippen MR) is 444 cm³/mol. The summed E-state index contributed by atoms with van der Waals surface area (Å²) in [5.74, 6) is -2.95. The molecule has 6 aromatic rings. The van der Waals surface area contributed by atoms with Crippen LogP contribution in [0.2, 0.25) is 0 Å². The number of aromatic hydroxyl groups is 3. The molecule has 18 heteroatoms. The molecule has 6 aromatic carbocycles. The quantitative estimate of drug-likeness (QED) is 0.0430. The van der Waals surface area contributed by atoms with Crippen LogP contribution in [0.3, 0.4) is 0 Å². The van der Waals surface area contributed by atoms with Crippen LogP contribution in [0.1, 0.15) is 378 Å². The molecular weight excluding hydrogens is 1410 g/mol. The number of aromatic carboxylic acids is 3. The molecule has 0 saturated carbocycles. The van der Waals surface area contributed by atoms with Gasteiger partial charge in [0.2, 0.25) is 0 Å². The summed E-state index contributed by atoms with van der Waals surface area (Å²) in [4.78, 5) is 76.6. The smallest absolute Gasteiger partial charge is 0.343 e. The Labute approximate surface area is 662 Å². The highest BCUT2D eigenvalue weighted by atomic mass is 16.5. The number of aliphatic hydroxyl groups excluding tert-OH is 3. The second-order valence-electron chi connectivity index (χ2n) is 41.6. The number of aliphatic hydroxyl groups is 3. The molecule has 0 saturated heterocycles. The molecule has 0 spiro atoms. The lowest BCUT2D eigenvalue weighted by Crippen LogP contribution is -2.24.